The highest BCUT2D eigenvalue weighted by Crippen LogP contribution is 2.42. The van der Waals surface area contributed by atoms with Crippen molar-refractivity contribution in [1.29, 1.82) is 0 Å². The van der Waals surface area contributed by atoms with Crippen LogP contribution in [0.5, 0.6) is 0 Å². The molecule has 0 bridgehead atoms. The Labute approximate surface area is 233 Å². The molecule has 6 nitrogen and oxygen atoms in total. The smallest absolute Gasteiger partial charge is 0.218 e. The molecule has 7 rings (SSSR count). The number of hydrogen-bond donors (Lipinski definition) is 0. The van der Waals surface area contributed by atoms with Crippen molar-refractivity contribution in [3.63, 3.8) is 0 Å². The van der Waals surface area contributed by atoms with Crippen molar-refractivity contribution in [3.05, 3.63) is 96.3 Å². The van der Waals surface area contributed by atoms with E-state index in [-0.39, 0.29) is 11.2 Å². The van der Waals surface area contributed by atoms with Gasteiger partial charge in [0.25, 0.3) is 0 Å². The van der Waals surface area contributed by atoms with Gasteiger partial charge < -0.3 is 9.47 Å². The monoisotopic (exact) mass is 526 g/mol. The molecule has 0 saturated heterocycles. The van der Waals surface area contributed by atoms with Crippen LogP contribution in [0.2, 0.25) is 0 Å². The fourth-order valence-corrected chi connectivity index (χ4v) is 5.49. The Balaban J connectivity index is 1.35. The van der Waals surface area contributed by atoms with Crippen molar-refractivity contribution in [3.8, 4) is 22.5 Å². The van der Waals surface area contributed by atoms with E-state index in [1.165, 1.54) is 0 Å². The van der Waals surface area contributed by atoms with Crippen molar-refractivity contribution < 1.29 is 9.47 Å². The molecule has 5 aromatic rings. The fourth-order valence-electron chi connectivity index (χ4n) is 5.49. The zero-order valence-corrected chi connectivity index (χ0v) is 23.1. The molecule has 40 heavy (non-hydrogen) atoms. The number of fused-ring (bicyclic) bond motifs is 2. The van der Waals surface area contributed by atoms with E-state index in [2.05, 4.69) is 82.8 Å². The molecule has 3 aromatic carbocycles. The number of nitrogens with zero attached hydrogens (tertiary/aromatic N) is 4. The maximum atomic E-state index is 6.02. The quantitative estimate of drug-likeness (QED) is 0.232. The molecule has 2 aliphatic rings. The molecule has 0 amide bonds. The summed E-state index contributed by atoms with van der Waals surface area (Å²) in [7, 11) is 0. The minimum Gasteiger partial charge on any atom is -0.469 e. The van der Waals surface area contributed by atoms with Crippen LogP contribution in [0.1, 0.15) is 38.8 Å². The number of rotatable bonds is 4. The molecule has 0 atom stereocenters. The predicted molar refractivity (Wildman–Crippen MR) is 161 cm³/mol. The Morgan fingerprint density at radius 2 is 0.900 bits per heavy atom. The highest BCUT2D eigenvalue weighted by Gasteiger charge is 2.29. The van der Waals surface area contributed by atoms with Crippen molar-refractivity contribution in [2.24, 2.45) is 9.98 Å². The predicted octanol–water partition coefficient (Wildman–Crippen LogP) is 7.23. The van der Waals surface area contributed by atoms with Gasteiger partial charge in [-0.25, -0.2) is 9.98 Å². The summed E-state index contributed by atoms with van der Waals surface area (Å²) >= 11 is 0. The normalized spacial score (nSPS) is 17.4. The molecule has 0 radical (unpaired) electrons. The molecule has 4 heterocycles. The summed E-state index contributed by atoms with van der Waals surface area (Å²) in [6, 6.07) is 25.2. The summed E-state index contributed by atoms with van der Waals surface area (Å²) in [6.07, 6.45) is 3.73. The van der Waals surface area contributed by atoms with Crippen LogP contribution in [0.15, 0.2) is 95.2 Å². The van der Waals surface area contributed by atoms with Crippen molar-refractivity contribution in [2.45, 2.75) is 38.9 Å². The lowest BCUT2D eigenvalue weighted by Gasteiger charge is -2.18. The average Bonchev–Trinajstić information content (AvgIpc) is 3.52. The lowest BCUT2D eigenvalue weighted by Crippen LogP contribution is -2.24. The Hall–Kier alpha value is -4.58. The van der Waals surface area contributed by atoms with Gasteiger partial charge in [0.15, 0.2) is 0 Å². The van der Waals surface area contributed by atoms with Gasteiger partial charge in [-0.2, -0.15) is 0 Å². The first-order valence-electron chi connectivity index (χ1n) is 13.6. The summed E-state index contributed by atoms with van der Waals surface area (Å²) < 4.78 is 12.0. The molecule has 0 N–H and O–H groups in total. The molecule has 6 heteroatoms. The lowest BCUT2D eigenvalue weighted by atomic mass is 9.88. The molecular formula is C34H30N4O2. The third kappa shape index (κ3) is 4.20. The number of benzene rings is 3. The first-order chi connectivity index (χ1) is 19.3. The van der Waals surface area contributed by atoms with Crippen LogP contribution < -0.4 is 0 Å². The van der Waals surface area contributed by atoms with E-state index in [4.69, 9.17) is 19.4 Å². The third-order valence-corrected chi connectivity index (χ3v) is 7.42. The molecule has 0 aliphatic carbocycles. The Morgan fingerprint density at radius 1 is 0.525 bits per heavy atom. The zero-order valence-electron chi connectivity index (χ0n) is 23.1. The minimum atomic E-state index is -0.281. The second-order valence-corrected chi connectivity index (χ2v) is 11.7. The maximum Gasteiger partial charge on any atom is 0.218 e. The first-order valence-corrected chi connectivity index (χ1v) is 13.6. The molecule has 198 valence electrons. The minimum absolute atomic E-state index is 0.281. The van der Waals surface area contributed by atoms with Crippen LogP contribution in [-0.4, -0.2) is 46.1 Å². The fraction of sp³-hybridized carbons (Fsp3) is 0.235. The second-order valence-electron chi connectivity index (χ2n) is 11.7. The Bertz CT molecular complexity index is 1640. The van der Waals surface area contributed by atoms with Gasteiger partial charge in [0.1, 0.15) is 11.2 Å². The van der Waals surface area contributed by atoms with E-state index in [1.54, 1.807) is 0 Å². The van der Waals surface area contributed by atoms with E-state index in [9.17, 15) is 0 Å². The average molecular weight is 527 g/mol. The van der Waals surface area contributed by atoms with Gasteiger partial charge in [0, 0.05) is 23.5 Å². The molecule has 0 unspecified atom stereocenters. The number of ether oxygens (including phenoxy) is 2. The SMILES string of the molecule is CC1(C)CN=C(c2ccc(-c3c4ccccc4c(-c4ccc(C5=NCC(C)(C)O5)cn4)c4ccccc34)nc2)O1. The van der Waals surface area contributed by atoms with Crippen LogP contribution in [0.3, 0.4) is 0 Å². The summed E-state index contributed by atoms with van der Waals surface area (Å²) in [4.78, 5) is 19.0. The van der Waals surface area contributed by atoms with Gasteiger partial charge in [0.2, 0.25) is 11.8 Å². The second kappa shape index (κ2) is 8.98. The van der Waals surface area contributed by atoms with Crippen molar-refractivity contribution in [1.82, 2.24) is 9.97 Å². The number of aliphatic imine (C=N–C) groups is 2. The number of aromatic nitrogens is 2. The van der Waals surface area contributed by atoms with Crippen LogP contribution in [0, 0.1) is 0 Å². The van der Waals surface area contributed by atoms with Gasteiger partial charge >= 0.3 is 0 Å². The highest BCUT2D eigenvalue weighted by atomic mass is 16.5. The summed E-state index contributed by atoms with van der Waals surface area (Å²) in [6.45, 7) is 9.48. The molecule has 2 aromatic heterocycles. The van der Waals surface area contributed by atoms with E-state index < -0.39 is 0 Å². The standard InChI is InChI=1S/C34H30N4O2/c1-33(2)19-37-31(39-33)21-13-15-27(35-17-21)29-23-9-5-7-11-25(23)30(26-12-8-6-10-24(26)29)28-16-14-22(18-36-28)32-38-20-34(3,4)40-32/h5-18H,19-20H2,1-4H3. The maximum absolute atomic E-state index is 6.02. The van der Waals surface area contributed by atoms with E-state index >= 15 is 0 Å². The van der Waals surface area contributed by atoms with Gasteiger partial charge in [-0.05, 0) is 73.5 Å². The van der Waals surface area contributed by atoms with Crippen LogP contribution >= 0.6 is 0 Å². The van der Waals surface area contributed by atoms with E-state index in [1.807, 2.05) is 40.1 Å². The number of hydrogen-bond acceptors (Lipinski definition) is 6. The van der Waals surface area contributed by atoms with E-state index in [0.717, 1.165) is 55.2 Å². The van der Waals surface area contributed by atoms with Crippen molar-refractivity contribution >= 4 is 33.3 Å². The summed E-state index contributed by atoms with van der Waals surface area (Å²) in [5, 5.41) is 4.51. The largest absolute Gasteiger partial charge is 0.469 e. The third-order valence-electron chi connectivity index (χ3n) is 7.42. The molecule has 2 aliphatic heterocycles. The Morgan fingerprint density at radius 3 is 1.18 bits per heavy atom. The van der Waals surface area contributed by atoms with Gasteiger partial charge in [-0.3, -0.25) is 9.97 Å². The molecule has 0 saturated carbocycles. The van der Waals surface area contributed by atoms with Crippen LogP contribution in [-0.2, 0) is 9.47 Å². The molecule has 0 fully saturated rings. The van der Waals surface area contributed by atoms with Crippen molar-refractivity contribution in [2.75, 3.05) is 13.1 Å². The van der Waals surface area contributed by atoms with Gasteiger partial charge in [-0.15, -0.1) is 0 Å². The van der Waals surface area contributed by atoms with Gasteiger partial charge in [0.05, 0.1) is 35.6 Å². The number of pyridine rings is 2. The zero-order chi connectivity index (χ0) is 27.5. The summed E-state index contributed by atoms with van der Waals surface area (Å²) in [5.74, 6) is 1.31. The van der Waals surface area contributed by atoms with Crippen LogP contribution in [0.4, 0.5) is 0 Å². The first kappa shape index (κ1) is 24.5. The highest BCUT2D eigenvalue weighted by molar-refractivity contribution is 6.20. The lowest BCUT2D eigenvalue weighted by molar-refractivity contribution is 0.131. The summed E-state index contributed by atoms with van der Waals surface area (Å²) in [5.41, 5.74) is 5.23. The van der Waals surface area contributed by atoms with Crippen LogP contribution in [0.25, 0.3) is 44.1 Å². The van der Waals surface area contributed by atoms with Gasteiger partial charge in [-0.1, -0.05) is 48.5 Å². The van der Waals surface area contributed by atoms with E-state index in [0.29, 0.717) is 24.9 Å². The molecule has 0 spiro atoms. The topological polar surface area (TPSA) is 69.0 Å². The molecular weight excluding hydrogens is 496 g/mol. The Kier molecular flexibility index (Phi) is 5.49.